The molecule has 0 heterocycles. The summed E-state index contributed by atoms with van der Waals surface area (Å²) in [6, 6.07) is 17.2. The summed E-state index contributed by atoms with van der Waals surface area (Å²) in [7, 11) is 4.86. The molecule has 1 N–H and O–H groups in total. The minimum Gasteiger partial charge on any atom is -0.497 e. The Morgan fingerprint density at radius 1 is 0.815 bits per heavy atom. The number of methoxy groups -OCH3 is 3. The molecule has 0 aliphatic carbocycles. The maximum Gasteiger partial charge on any atom is 0.251 e. The Morgan fingerprint density at radius 2 is 1.56 bits per heavy atom. The lowest BCUT2D eigenvalue weighted by molar-refractivity contribution is 0.0954. The van der Waals surface area contributed by atoms with Crippen molar-refractivity contribution < 1.29 is 19.0 Å². The van der Waals surface area contributed by atoms with Crippen LogP contribution in [0.5, 0.6) is 17.2 Å². The highest BCUT2D eigenvalue weighted by Gasteiger charge is 2.08. The molecule has 0 radical (unpaired) electrons. The van der Waals surface area contributed by atoms with E-state index in [1.807, 2.05) is 54.6 Å². The SMILES string of the molecule is COc1ccc2cc(C(=O)NCCc3ccc(OC)c(OC)c3)ccc2c1. The van der Waals surface area contributed by atoms with Crippen molar-refractivity contribution >= 4 is 16.7 Å². The van der Waals surface area contributed by atoms with E-state index in [1.165, 1.54) is 0 Å². The summed E-state index contributed by atoms with van der Waals surface area (Å²) in [5.74, 6) is 2.09. The molecule has 3 rings (SSSR count). The van der Waals surface area contributed by atoms with Crippen molar-refractivity contribution in [1.82, 2.24) is 5.32 Å². The van der Waals surface area contributed by atoms with Gasteiger partial charge in [-0.15, -0.1) is 0 Å². The van der Waals surface area contributed by atoms with Crippen LogP contribution in [0.3, 0.4) is 0 Å². The molecule has 0 spiro atoms. The van der Waals surface area contributed by atoms with Crippen molar-refractivity contribution in [1.29, 1.82) is 0 Å². The molecule has 0 aliphatic heterocycles. The summed E-state index contributed by atoms with van der Waals surface area (Å²) >= 11 is 0. The van der Waals surface area contributed by atoms with Crippen LogP contribution in [0.15, 0.2) is 54.6 Å². The number of carbonyl (C=O) groups is 1. The molecule has 3 aromatic carbocycles. The predicted octanol–water partition coefficient (Wildman–Crippen LogP) is 3.84. The highest BCUT2D eigenvalue weighted by molar-refractivity contribution is 5.98. The van der Waals surface area contributed by atoms with Crippen molar-refractivity contribution in [3.63, 3.8) is 0 Å². The third kappa shape index (κ3) is 4.31. The minimum absolute atomic E-state index is 0.0896. The smallest absolute Gasteiger partial charge is 0.251 e. The first-order chi connectivity index (χ1) is 13.1. The van der Waals surface area contributed by atoms with Crippen molar-refractivity contribution in [3.8, 4) is 17.2 Å². The summed E-state index contributed by atoms with van der Waals surface area (Å²) in [6.07, 6.45) is 0.705. The molecule has 0 unspecified atom stereocenters. The van der Waals surface area contributed by atoms with Crippen LogP contribution in [0.1, 0.15) is 15.9 Å². The molecule has 5 heteroatoms. The quantitative estimate of drug-likeness (QED) is 0.691. The molecule has 140 valence electrons. The van der Waals surface area contributed by atoms with Crippen molar-refractivity contribution in [2.45, 2.75) is 6.42 Å². The van der Waals surface area contributed by atoms with Gasteiger partial charge in [0, 0.05) is 12.1 Å². The highest BCUT2D eigenvalue weighted by atomic mass is 16.5. The van der Waals surface area contributed by atoms with Gasteiger partial charge in [-0.05, 0) is 59.2 Å². The average Bonchev–Trinajstić information content (AvgIpc) is 2.72. The van der Waals surface area contributed by atoms with Crippen LogP contribution in [0.25, 0.3) is 10.8 Å². The Hall–Kier alpha value is -3.21. The number of amides is 1. The molecule has 0 atom stereocenters. The Bertz CT molecular complexity index is 952. The standard InChI is InChI=1S/C22H23NO4/c1-25-19-8-7-16-13-18(6-5-17(16)14-19)22(24)23-11-10-15-4-9-20(26-2)21(12-15)27-3/h4-9,12-14H,10-11H2,1-3H3,(H,23,24). The molecule has 0 aromatic heterocycles. The van der Waals surface area contributed by atoms with E-state index in [4.69, 9.17) is 14.2 Å². The fourth-order valence-electron chi connectivity index (χ4n) is 2.95. The third-order valence-corrected chi connectivity index (χ3v) is 4.46. The number of benzene rings is 3. The summed E-state index contributed by atoms with van der Waals surface area (Å²) in [5.41, 5.74) is 1.71. The second-order valence-corrected chi connectivity index (χ2v) is 6.12. The molecular weight excluding hydrogens is 342 g/mol. The first kappa shape index (κ1) is 18.6. The maximum absolute atomic E-state index is 12.4. The van der Waals surface area contributed by atoms with E-state index in [-0.39, 0.29) is 5.91 Å². The summed E-state index contributed by atoms with van der Waals surface area (Å²) in [4.78, 5) is 12.4. The van der Waals surface area contributed by atoms with Gasteiger partial charge in [0.15, 0.2) is 11.5 Å². The molecule has 1 amide bonds. The fourth-order valence-corrected chi connectivity index (χ4v) is 2.95. The Morgan fingerprint density at radius 3 is 2.30 bits per heavy atom. The summed E-state index contributed by atoms with van der Waals surface area (Å²) < 4.78 is 15.8. The number of nitrogens with one attached hydrogen (secondary N) is 1. The van der Waals surface area contributed by atoms with Gasteiger partial charge in [-0.3, -0.25) is 4.79 Å². The van der Waals surface area contributed by atoms with Gasteiger partial charge in [-0.1, -0.05) is 18.2 Å². The lowest BCUT2D eigenvalue weighted by Crippen LogP contribution is -2.25. The zero-order valence-electron chi connectivity index (χ0n) is 15.7. The van der Waals surface area contributed by atoms with Gasteiger partial charge in [0.2, 0.25) is 0 Å². The molecule has 0 saturated heterocycles. The molecule has 27 heavy (non-hydrogen) atoms. The van der Waals surface area contributed by atoms with Gasteiger partial charge in [0.05, 0.1) is 21.3 Å². The number of fused-ring (bicyclic) bond motifs is 1. The minimum atomic E-state index is -0.0896. The zero-order chi connectivity index (χ0) is 19.2. The monoisotopic (exact) mass is 365 g/mol. The highest BCUT2D eigenvalue weighted by Crippen LogP contribution is 2.27. The van der Waals surface area contributed by atoms with Crippen LogP contribution in [0.4, 0.5) is 0 Å². The molecule has 3 aromatic rings. The van der Waals surface area contributed by atoms with Crippen LogP contribution in [-0.4, -0.2) is 33.8 Å². The lowest BCUT2D eigenvalue weighted by atomic mass is 10.1. The number of hydrogen-bond acceptors (Lipinski definition) is 4. The zero-order valence-corrected chi connectivity index (χ0v) is 15.7. The van der Waals surface area contributed by atoms with Crippen LogP contribution >= 0.6 is 0 Å². The van der Waals surface area contributed by atoms with Crippen molar-refractivity contribution in [2.24, 2.45) is 0 Å². The van der Waals surface area contributed by atoms with Crippen LogP contribution in [-0.2, 0) is 6.42 Å². The van der Waals surface area contributed by atoms with Gasteiger partial charge in [0.25, 0.3) is 5.91 Å². The molecular formula is C22H23NO4. The molecule has 0 fully saturated rings. The molecule has 0 bridgehead atoms. The van der Waals surface area contributed by atoms with Gasteiger partial charge >= 0.3 is 0 Å². The third-order valence-electron chi connectivity index (χ3n) is 4.46. The average molecular weight is 365 g/mol. The van der Waals surface area contributed by atoms with E-state index < -0.39 is 0 Å². The molecule has 0 aliphatic rings. The van der Waals surface area contributed by atoms with E-state index in [2.05, 4.69) is 5.32 Å². The lowest BCUT2D eigenvalue weighted by Gasteiger charge is -2.10. The summed E-state index contributed by atoms with van der Waals surface area (Å²) in [5, 5.41) is 5.01. The van der Waals surface area contributed by atoms with Crippen LogP contribution < -0.4 is 19.5 Å². The van der Waals surface area contributed by atoms with E-state index in [0.29, 0.717) is 30.0 Å². The number of hydrogen-bond donors (Lipinski definition) is 1. The van der Waals surface area contributed by atoms with E-state index in [9.17, 15) is 4.79 Å². The topological polar surface area (TPSA) is 56.8 Å². The first-order valence-electron chi connectivity index (χ1n) is 8.71. The first-order valence-corrected chi connectivity index (χ1v) is 8.71. The maximum atomic E-state index is 12.4. The van der Waals surface area contributed by atoms with E-state index >= 15 is 0 Å². The fraction of sp³-hybridized carbons (Fsp3) is 0.227. The Balaban J connectivity index is 1.63. The van der Waals surface area contributed by atoms with Gasteiger partial charge in [-0.25, -0.2) is 0 Å². The van der Waals surface area contributed by atoms with Gasteiger partial charge in [0.1, 0.15) is 5.75 Å². The Labute approximate surface area is 158 Å². The van der Waals surface area contributed by atoms with Gasteiger partial charge in [-0.2, -0.15) is 0 Å². The number of carbonyl (C=O) groups excluding carboxylic acids is 1. The summed E-state index contributed by atoms with van der Waals surface area (Å²) in [6.45, 7) is 0.537. The van der Waals surface area contributed by atoms with E-state index in [1.54, 1.807) is 21.3 Å². The number of ether oxygens (including phenoxy) is 3. The largest absolute Gasteiger partial charge is 0.497 e. The van der Waals surface area contributed by atoms with Crippen LogP contribution in [0, 0.1) is 0 Å². The molecule has 0 saturated carbocycles. The molecule has 5 nitrogen and oxygen atoms in total. The Kier molecular flexibility index (Phi) is 5.81. The van der Waals surface area contributed by atoms with E-state index in [0.717, 1.165) is 22.1 Å². The second kappa shape index (κ2) is 8.45. The van der Waals surface area contributed by atoms with Crippen LogP contribution in [0.2, 0.25) is 0 Å². The number of rotatable bonds is 7. The van der Waals surface area contributed by atoms with Gasteiger partial charge < -0.3 is 19.5 Å². The van der Waals surface area contributed by atoms with Crippen molar-refractivity contribution in [3.05, 3.63) is 65.7 Å². The predicted molar refractivity (Wildman–Crippen MR) is 106 cm³/mol. The second-order valence-electron chi connectivity index (χ2n) is 6.12. The normalized spacial score (nSPS) is 10.5. The van der Waals surface area contributed by atoms with Crippen molar-refractivity contribution in [2.75, 3.05) is 27.9 Å².